The molecular weight excluding hydrogens is 364 g/mol. The maximum Gasteiger partial charge on any atom is 0.226 e. The zero-order chi connectivity index (χ0) is 18.4. The summed E-state index contributed by atoms with van der Waals surface area (Å²) in [6.07, 6.45) is 4.15. The highest BCUT2D eigenvalue weighted by molar-refractivity contribution is 6.30. The van der Waals surface area contributed by atoms with Crippen LogP contribution in [0.25, 0.3) is 11.0 Å². The molecule has 5 rings (SSSR count). The van der Waals surface area contributed by atoms with E-state index in [-0.39, 0.29) is 24.0 Å². The lowest BCUT2D eigenvalue weighted by atomic mass is 9.73. The quantitative estimate of drug-likeness (QED) is 0.719. The topological polar surface area (TPSA) is 64.4 Å². The van der Waals surface area contributed by atoms with Crippen LogP contribution in [0.15, 0.2) is 47.0 Å². The molecule has 0 radical (unpaired) electrons. The molecule has 2 heterocycles. The van der Waals surface area contributed by atoms with Crippen LogP contribution in [-0.4, -0.2) is 16.7 Å². The number of halogens is 1. The SMILES string of the molecule is O=C(Cc1noc2ccccc12)N[C@@H]1CC2(CCC2)Oc2ccc(Cl)cc21. The highest BCUT2D eigenvalue weighted by Gasteiger charge is 2.46. The molecule has 3 aromatic rings. The van der Waals surface area contributed by atoms with Gasteiger partial charge < -0.3 is 14.6 Å². The van der Waals surface area contributed by atoms with E-state index in [1.54, 1.807) is 0 Å². The smallest absolute Gasteiger partial charge is 0.226 e. The van der Waals surface area contributed by atoms with Crippen molar-refractivity contribution in [3.05, 3.63) is 58.7 Å². The lowest BCUT2D eigenvalue weighted by molar-refractivity contribution is -0.122. The Morgan fingerprint density at radius 3 is 2.93 bits per heavy atom. The van der Waals surface area contributed by atoms with Gasteiger partial charge in [0.05, 0.1) is 12.5 Å². The minimum absolute atomic E-state index is 0.0821. The third-order valence-electron chi connectivity index (χ3n) is 5.63. The number of ether oxygens (including phenoxy) is 1. The van der Waals surface area contributed by atoms with Gasteiger partial charge in [0.1, 0.15) is 17.0 Å². The molecule has 2 aliphatic rings. The zero-order valence-electron chi connectivity index (χ0n) is 14.7. The summed E-state index contributed by atoms with van der Waals surface area (Å²) in [5.41, 5.74) is 2.13. The number of hydrogen-bond donors (Lipinski definition) is 1. The lowest BCUT2D eigenvalue weighted by Gasteiger charge is -2.48. The van der Waals surface area contributed by atoms with Crippen molar-refractivity contribution >= 4 is 28.5 Å². The predicted octanol–water partition coefficient (Wildman–Crippen LogP) is 4.59. The number of carbonyl (C=O) groups is 1. The molecule has 138 valence electrons. The number of rotatable bonds is 3. The van der Waals surface area contributed by atoms with Gasteiger partial charge in [-0.25, -0.2) is 0 Å². The van der Waals surface area contributed by atoms with E-state index in [9.17, 15) is 4.79 Å². The summed E-state index contributed by atoms with van der Waals surface area (Å²) < 4.78 is 11.6. The Morgan fingerprint density at radius 1 is 1.26 bits per heavy atom. The van der Waals surface area contributed by atoms with E-state index in [1.165, 1.54) is 0 Å². The fourth-order valence-corrected chi connectivity index (χ4v) is 4.29. The first-order valence-electron chi connectivity index (χ1n) is 9.23. The number of carbonyl (C=O) groups excluding carboxylic acids is 1. The number of fused-ring (bicyclic) bond motifs is 2. The molecule has 1 spiro atoms. The summed E-state index contributed by atoms with van der Waals surface area (Å²) in [7, 11) is 0. The molecular formula is C21H19ClN2O3. The Balaban J connectivity index is 1.39. The summed E-state index contributed by atoms with van der Waals surface area (Å²) in [5, 5.41) is 8.75. The molecule has 1 N–H and O–H groups in total. The summed E-state index contributed by atoms with van der Waals surface area (Å²) in [5.74, 6) is 0.740. The summed E-state index contributed by atoms with van der Waals surface area (Å²) >= 11 is 6.19. The van der Waals surface area contributed by atoms with Gasteiger partial charge in [0, 0.05) is 22.4 Å². The van der Waals surface area contributed by atoms with E-state index < -0.39 is 0 Å². The molecule has 1 atom stereocenters. The Morgan fingerprint density at radius 2 is 2.11 bits per heavy atom. The molecule has 0 unspecified atom stereocenters. The average Bonchev–Trinajstić information content (AvgIpc) is 3.03. The van der Waals surface area contributed by atoms with E-state index >= 15 is 0 Å². The standard InChI is InChI=1S/C21H19ClN2O3/c22-13-6-7-18-15(10-13)17(12-21(26-18)8-3-9-21)23-20(25)11-16-14-4-1-2-5-19(14)27-24-16/h1-2,4-7,10,17H,3,8-9,11-12H2,(H,23,25)/t17-/m1/s1. The third-order valence-corrected chi connectivity index (χ3v) is 5.87. The maximum atomic E-state index is 12.8. The molecule has 0 bridgehead atoms. The Hall–Kier alpha value is -2.53. The number of benzene rings is 2. The van der Waals surface area contributed by atoms with E-state index in [1.807, 2.05) is 42.5 Å². The maximum absolute atomic E-state index is 12.8. The Kier molecular flexibility index (Phi) is 3.86. The van der Waals surface area contributed by atoms with Gasteiger partial charge in [-0.1, -0.05) is 28.9 Å². The monoisotopic (exact) mass is 382 g/mol. The van der Waals surface area contributed by atoms with Gasteiger partial charge in [-0.3, -0.25) is 4.79 Å². The predicted molar refractivity (Wildman–Crippen MR) is 102 cm³/mol. The number of amides is 1. The molecule has 1 fully saturated rings. The number of nitrogens with zero attached hydrogens (tertiary/aromatic N) is 1. The van der Waals surface area contributed by atoms with Crippen molar-refractivity contribution in [1.29, 1.82) is 0 Å². The van der Waals surface area contributed by atoms with Gasteiger partial charge in [-0.05, 0) is 49.6 Å². The van der Waals surface area contributed by atoms with Crippen LogP contribution >= 0.6 is 11.6 Å². The number of nitrogens with one attached hydrogen (secondary N) is 1. The average molecular weight is 383 g/mol. The van der Waals surface area contributed by atoms with Crippen LogP contribution in [0.2, 0.25) is 5.02 Å². The summed E-state index contributed by atoms with van der Waals surface area (Å²) in [6.45, 7) is 0. The lowest BCUT2D eigenvalue weighted by Crippen LogP contribution is -2.49. The van der Waals surface area contributed by atoms with Gasteiger partial charge in [-0.15, -0.1) is 0 Å². The van der Waals surface area contributed by atoms with E-state index in [2.05, 4.69) is 10.5 Å². The summed E-state index contributed by atoms with van der Waals surface area (Å²) in [4.78, 5) is 12.8. The van der Waals surface area contributed by atoms with Crippen molar-refractivity contribution in [2.75, 3.05) is 0 Å². The number of aromatic nitrogens is 1. The first kappa shape index (κ1) is 16.6. The molecule has 1 amide bonds. The number of hydrogen-bond acceptors (Lipinski definition) is 4. The minimum atomic E-state index is -0.153. The van der Waals surface area contributed by atoms with Crippen molar-refractivity contribution in [3.8, 4) is 5.75 Å². The first-order chi connectivity index (χ1) is 13.1. The molecule has 0 saturated heterocycles. The normalized spacial score (nSPS) is 20.0. The zero-order valence-corrected chi connectivity index (χ0v) is 15.5. The first-order valence-corrected chi connectivity index (χ1v) is 9.61. The molecule has 1 saturated carbocycles. The van der Waals surface area contributed by atoms with Crippen LogP contribution in [0.3, 0.4) is 0 Å². The van der Waals surface area contributed by atoms with E-state index in [0.717, 1.165) is 42.4 Å². The molecule has 2 aromatic carbocycles. The molecule has 1 aromatic heterocycles. The molecule has 1 aliphatic heterocycles. The van der Waals surface area contributed by atoms with Crippen molar-refractivity contribution in [3.63, 3.8) is 0 Å². The Bertz CT molecular complexity index is 1030. The van der Waals surface area contributed by atoms with Crippen LogP contribution < -0.4 is 10.1 Å². The highest BCUT2D eigenvalue weighted by Crippen LogP contribution is 2.49. The van der Waals surface area contributed by atoms with Crippen molar-refractivity contribution < 1.29 is 14.1 Å². The highest BCUT2D eigenvalue weighted by atomic mass is 35.5. The van der Waals surface area contributed by atoms with E-state index in [4.69, 9.17) is 20.9 Å². The largest absolute Gasteiger partial charge is 0.487 e. The fraction of sp³-hybridized carbons (Fsp3) is 0.333. The minimum Gasteiger partial charge on any atom is -0.487 e. The number of para-hydroxylation sites is 1. The van der Waals surface area contributed by atoms with Crippen LogP contribution in [-0.2, 0) is 11.2 Å². The molecule has 5 nitrogen and oxygen atoms in total. The second-order valence-electron chi connectivity index (χ2n) is 7.45. The Labute approximate surface area is 161 Å². The molecule has 27 heavy (non-hydrogen) atoms. The van der Waals surface area contributed by atoms with Crippen LogP contribution in [0, 0.1) is 0 Å². The van der Waals surface area contributed by atoms with Gasteiger partial charge in [0.15, 0.2) is 5.58 Å². The van der Waals surface area contributed by atoms with E-state index in [0.29, 0.717) is 16.3 Å². The third kappa shape index (κ3) is 2.96. The molecule has 6 heteroatoms. The molecule has 1 aliphatic carbocycles. The van der Waals surface area contributed by atoms with Crippen LogP contribution in [0.5, 0.6) is 5.75 Å². The summed E-state index contributed by atoms with van der Waals surface area (Å²) in [6, 6.07) is 13.1. The van der Waals surface area contributed by atoms with Gasteiger partial charge in [-0.2, -0.15) is 0 Å². The van der Waals surface area contributed by atoms with Crippen molar-refractivity contribution in [2.24, 2.45) is 0 Å². The van der Waals surface area contributed by atoms with Crippen molar-refractivity contribution in [2.45, 2.75) is 43.7 Å². The van der Waals surface area contributed by atoms with Gasteiger partial charge in [0.2, 0.25) is 5.91 Å². The van der Waals surface area contributed by atoms with Crippen LogP contribution in [0.4, 0.5) is 0 Å². The fourth-order valence-electron chi connectivity index (χ4n) is 4.11. The van der Waals surface area contributed by atoms with Crippen molar-refractivity contribution in [1.82, 2.24) is 10.5 Å². The van der Waals surface area contributed by atoms with Crippen LogP contribution in [0.1, 0.15) is 43.0 Å². The van der Waals surface area contributed by atoms with Gasteiger partial charge in [0.25, 0.3) is 0 Å². The van der Waals surface area contributed by atoms with Gasteiger partial charge >= 0.3 is 0 Å². The second-order valence-corrected chi connectivity index (χ2v) is 7.88. The second kappa shape index (κ2) is 6.27.